The Labute approximate surface area is 96.5 Å². The lowest BCUT2D eigenvalue weighted by atomic mass is 9.85. The van der Waals surface area contributed by atoms with E-state index >= 15 is 0 Å². The third kappa shape index (κ3) is 1.82. The van der Waals surface area contributed by atoms with Gasteiger partial charge in [-0.25, -0.2) is 0 Å². The van der Waals surface area contributed by atoms with Gasteiger partial charge in [-0.05, 0) is 37.5 Å². The fourth-order valence-corrected chi connectivity index (χ4v) is 1.96. The van der Waals surface area contributed by atoms with E-state index in [0.717, 1.165) is 11.5 Å². The highest BCUT2D eigenvalue weighted by Gasteiger charge is 2.24. The van der Waals surface area contributed by atoms with Crippen LogP contribution in [0.1, 0.15) is 50.4 Å². The van der Waals surface area contributed by atoms with Crippen molar-refractivity contribution in [1.29, 1.82) is 0 Å². The second-order valence-electron chi connectivity index (χ2n) is 4.12. The van der Waals surface area contributed by atoms with E-state index in [0.29, 0.717) is 5.92 Å². The van der Waals surface area contributed by atoms with E-state index in [9.17, 15) is 0 Å². The molecule has 0 bridgehead atoms. The number of rotatable bonds is 1. The number of pyridine rings is 1. The van der Waals surface area contributed by atoms with E-state index in [2.05, 4.69) is 39.9 Å². The van der Waals surface area contributed by atoms with Crippen LogP contribution in [0.5, 0.6) is 0 Å². The highest BCUT2D eigenvalue weighted by molar-refractivity contribution is 5.41. The lowest BCUT2D eigenvalue weighted by molar-refractivity contribution is 0.399. The summed E-state index contributed by atoms with van der Waals surface area (Å²) in [5.74, 6) is 1.79. The third-order valence-electron chi connectivity index (χ3n) is 3.06. The second-order valence-corrected chi connectivity index (χ2v) is 4.12. The smallest absolute Gasteiger partial charge is 0.161 e. The first-order valence-corrected chi connectivity index (χ1v) is 6.16. The van der Waals surface area contributed by atoms with Crippen LogP contribution >= 0.6 is 0 Å². The molecule has 1 fully saturated rings. The van der Waals surface area contributed by atoms with Crippen LogP contribution in [-0.2, 0) is 0 Å². The maximum absolute atomic E-state index is 4.27. The van der Waals surface area contributed by atoms with Gasteiger partial charge in [0.15, 0.2) is 5.65 Å². The molecule has 0 spiro atoms. The Bertz CT molecular complexity index is 469. The standard InChI is InChI=1S/C11H13N3.C2H6/c1-8-5-6-14-10(7-8)12-13-11(14)9-3-2-4-9;1-2/h5-7,9H,2-4H2,1H3;1-2H3. The van der Waals surface area contributed by atoms with Gasteiger partial charge in [-0.1, -0.05) is 20.3 Å². The monoisotopic (exact) mass is 217 g/mol. The molecule has 2 aromatic rings. The van der Waals surface area contributed by atoms with Gasteiger partial charge in [0.1, 0.15) is 5.82 Å². The number of hydrogen-bond acceptors (Lipinski definition) is 2. The minimum Gasteiger partial charge on any atom is -0.286 e. The Morgan fingerprint density at radius 2 is 2.00 bits per heavy atom. The number of nitrogens with zero attached hydrogens (tertiary/aromatic N) is 3. The van der Waals surface area contributed by atoms with Crippen LogP contribution in [-0.4, -0.2) is 14.6 Å². The number of hydrogen-bond donors (Lipinski definition) is 0. The molecule has 0 unspecified atom stereocenters. The van der Waals surface area contributed by atoms with Gasteiger partial charge in [0.05, 0.1) is 0 Å². The van der Waals surface area contributed by atoms with Crippen LogP contribution < -0.4 is 0 Å². The van der Waals surface area contributed by atoms with Crippen molar-refractivity contribution >= 4 is 5.65 Å². The van der Waals surface area contributed by atoms with Crippen LogP contribution in [0.2, 0.25) is 0 Å². The van der Waals surface area contributed by atoms with Crippen LogP contribution in [0.3, 0.4) is 0 Å². The highest BCUT2D eigenvalue weighted by Crippen LogP contribution is 2.35. The Balaban J connectivity index is 0.000000457. The van der Waals surface area contributed by atoms with Crippen molar-refractivity contribution in [2.45, 2.75) is 46.0 Å². The first kappa shape index (κ1) is 11.1. The van der Waals surface area contributed by atoms with Gasteiger partial charge in [-0.3, -0.25) is 4.40 Å². The van der Waals surface area contributed by atoms with Gasteiger partial charge in [0.2, 0.25) is 0 Å². The van der Waals surface area contributed by atoms with Crippen LogP contribution in [0.15, 0.2) is 18.3 Å². The minimum absolute atomic E-state index is 0.646. The average Bonchev–Trinajstić information content (AvgIpc) is 2.62. The fourth-order valence-electron chi connectivity index (χ4n) is 1.96. The molecule has 0 amide bonds. The topological polar surface area (TPSA) is 30.2 Å². The molecule has 0 radical (unpaired) electrons. The molecule has 1 aliphatic carbocycles. The van der Waals surface area contributed by atoms with Crippen molar-refractivity contribution in [3.63, 3.8) is 0 Å². The summed E-state index contributed by atoms with van der Waals surface area (Å²) in [7, 11) is 0. The molecule has 3 heteroatoms. The van der Waals surface area contributed by atoms with Crippen molar-refractivity contribution in [2.75, 3.05) is 0 Å². The van der Waals surface area contributed by atoms with E-state index in [-0.39, 0.29) is 0 Å². The van der Waals surface area contributed by atoms with Crippen LogP contribution in [0.25, 0.3) is 5.65 Å². The Hall–Kier alpha value is -1.38. The summed E-state index contributed by atoms with van der Waals surface area (Å²) in [6.45, 7) is 6.08. The SMILES string of the molecule is CC.Cc1ccn2c(C3CCC3)nnc2c1. The van der Waals surface area contributed by atoms with Gasteiger partial charge in [-0.2, -0.15) is 0 Å². The van der Waals surface area contributed by atoms with E-state index < -0.39 is 0 Å². The minimum atomic E-state index is 0.646. The van der Waals surface area contributed by atoms with E-state index in [1.807, 2.05) is 13.8 Å². The van der Waals surface area contributed by atoms with Gasteiger partial charge >= 0.3 is 0 Å². The molecule has 0 saturated heterocycles. The van der Waals surface area contributed by atoms with Gasteiger partial charge in [0, 0.05) is 12.1 Å². The van der Waals surface area contributed by atoms with E-state index in [4.69, 9.17) is 0 Å². The summed E-state index contributed by atoms with van der Waals surface area (Å²) < 4.78 is 2.12. The largest absolute Gasteiger partial charge is 0.286 e. The first-order chi connectivity index (χ1) is 7.84. The fraction of sp³-hybridized carbons (Fsp3) is 0.538. The normalized spacial score (nSPS) is 15.4. The highest BCUT2D eigenvalue weighted by atomic mass is 15.2. The molecule has 0 atom stereocenters. The maximum Gasteiger partial charge on any atom is 0.161 e. The van der Waals surface area contributed by atoms with Crippen molar-refractivity contribution in [3.8, 4) is 0 Å². The molecule has 3 nitrogen and oxygen atoms in total. The molecule has 1 saturated carbocycles. The summed E-state index contributed by atoms with van der Waals surface area (Å²) in [6, 6.07) is 4.19. The summed E-state index contributed by atoms with van der Waals surface area (Å²) in [5.41, 5.74) is 2.22. The van der Waals surface area contributed by atoms with Crippen LogP contribution in [0, 0.1) is 6.92 Å². The Morgan fingerprint density at radius 1 is 1.25 bits per heavy atom. The number of aryl methyl sites for hydroxylation is 1. The summed E-state index contributed by atoms with van der Waals surface area (Å²) >= 11 is 0. The second kappa shape index (κ2) is 4.64. The van der Waals surface area contributed by atoms with Crippen molar-refractivity contribution in [2.24, 2.45) is 0 Å². The van der Waals surface area contributed by atoms with Crippen molar-refractivity contribution in [1.82, 2.24) is 14.6 Å². The summed E-state index contributed by atoms with van der Waals surface area (Å²) in [6.07, 6.45) is 5.97. The molecular formula is C13H19N3. The average molecular weight is 217 g/mol. The van der Waals surface area contributed by atoms with Crippen LogP contribution in [0.4, 0.5) is 0 Å². The molecule has 1 aliphatic rings. The predicted octanol–water partition coefficient (Wildman–Crippen LogP) is 3.33. The summed E-state index contributed by atoms with van der Waals surface area (Å²) in [4.78, 5) is 0. The lowest BCUT2D eigenvalue weighted by Crippen LogP contribution is -2.12. The molecule has 2 aromatic heterocycles. The maximum atomic E-state index is 4.27. The zero-order valence-corrected chi connectivity index (χ0v) is 10.3. The van der Waals surface area contributed by atoms with Crippen molar-refractivity contribution < 1.29 is 0 Å². The molecule has 0 aromatic carbocycles. The molecule has 2 heterocycles. The number of fused-ring (bicyclic) bond motifs is 1. The lowest BCUT2D eigenvalue weighted by Gasteiger charge is -2.23. The van der Waals surface area contributed by atoms with Gasteiger partial charge in [-0.15, -0.1) is 10.2 Å². The molecule has 0 aliphatic heterocycles. The molecule has 16 heavy (non-hydrogen) atoms. The Kier molecular flexibility index (Phi) is 3.22. The molecule has 0 N–H and O–H groups in total. The van der Waals surface area contributed by atoms with E-state index in [1.165, 1.54) is 24.8 Å². The third-order valence-corrected chi connectivity index (χ3v) is 3.06. The molecule has 86 valence electrons. The Morgan fingerprint density at radius 3 is 2.62 bits per heavy atom. The van der Waals surface area contributed by atoms with Crippen molar-refractivity contribution in [3.05, 3.63) is 29.7 Å². The van der Waals surface area contributed by atoms with E-state index in [1.54, 1.807) is 0 Å². The zero-order chi connectivity index (χ0) is 11.5. The van der Waals surface area contributed by atoms with Gasteiger partial charge in [0.25, 0.3) is 0 Å². The quantitative estimate of drug-likeness (QED) is 0.733. The zero-order valence-electron chi connectivity index (χ0n) is 10.3. The predicted molar refractivity (Wildman–Crippen MR) is 65.7 cm³/mol. The van der Waals surface area contributed by atoms with Gasteiger partial charge < -0.3 is 0 Å². The molecular weight excluding hydrogens is 198 g/mol. The number of aromatic nitrogens is 3. The molecule has 3 rings (SSSR count). The summed E-state index contributed by atoms with van der Waals surface area (Å²) in [5, 5.41) is 8.47. The first-order valence-electron chi connectivity index (χ1n) is 6.16.